The van der Waals surface area contributed by atoms with E-state index in [1.54, 1.807) is 24.7 Å². The molecule has 130 valence electrons. The van der Waals surface area contributed by atoms with E-state index < -0.39 is 0 Å². The zero-order chi connectivity index (χ0) is 17.8. The predicted octanol–water partition coefficient (Wildman–Crippen LogP) is 3.03. The van der Waals surface area contributed by atoms with Crippen LogP contribution >= 0.6 is 0 Å². The van der Waals surface area contributed by atoms with Crippen molar-refractivity contribution in [1.82, 2.24) is 19.9 Å². The van der Waals surface area contributed by atoms with Crippen molar-refractivity contribution < 1.29 is 4.79 Å². The third-order valence-corrected chi connectivity index (χ3v) is 4.56. The summed E-state index contributed by atoms with van der Waals surface area (Å²) in [7, 11) is 0. The van der Waals surface area contributed by atoms with Crippen molar-refractivity contribution in [3.05, 3.63) is 66.7 Å². The summed E-state index contributed by atoms with van der Waals surface area (Å²) in [6.45, 7) is 1.46. The summed E-state index contributed by atoms with van der Waals surface area (Å²) < 4.78 is 0. The molecule has 6 heteroatoms. The molecule has 1 aliphatic heterocycles. The molecule has 6 nitrogen and oxygen atoms in total. The maximum absolute atomic E-state index is 12.7. The standard InChI is InChI=1S/C20H19N5O/c26-19(18-8-2-4-11-22-18)15-6-5-13-25(14-15)20-23-12-9-17(24-20)16-7-1-3-10-21-16/h1-4,7-12,15H,5-6,13-14H2/t15-/m0/s1. The second-order valence-corrected chi connectivity index (χ2v) is 6.32. The fourth-order valence-electron chi connectivity index (χ4n) is 3.25. The van der Waals surface area contributed by atoms with Gasteiger partial charge in [-0.05, 0) is 43.2 Å². The van der Waals surface area contributed by atoms with Gasteiger partial charge in [0, 0.05) is 37.6 Å². The number of hydrogen-bond acceptors (Lipinski definition) is 6. The van der Waals surface area contributed by atoms with Crippen LogP contribution in [0.3, 0.4) is 0 Å². The molecule has 0 saturated carbocycles. The van der Waals surface area contributed by atoms with Gasteiger partial charge in [-0.2, -0.15) is 0 Å². The van der Waals surface area contributed by atoms with Gasteiger partial charge in [0.25, 0.3) is 0 Å². The summed E-state index contributed by atoms with van der Waals surface area (Å²) in [5, 5.41) is 0. The molecule has 0 N–H and O–H groups in total. The Bertz CT molecular complexity index is 885. The van der Waals surface area contributed by atoms with Gasteiger partial charge in [0.05, 0.1) is 11.4 Å². The Morgan fingerprint density at radius 2 is 1.77 bits per heavy atom. The van der Waals surface area contributed by atoms with E-state index in [-0.39, 0.29) is 11.7 Å². The van der Waals surface area contributed by atoms with E-state index in [4.69, 9.17) is 0 Å². The number of carbonyl (C=O) groups is 1. The van der Waals surface area contributed by atoms with Crippen LogP contribution in [0.15, 0.2) is 61.1 Å². The molecule has 1 aliphatic rings. The van der Waals surface area contributed by atoms with Crippen molar-refractivity contribution in [2.75, 3.05) is 18.0 Å². The number of Topliss-reactive ketones (excluding diaryl/α,β-unsaturated/α-hetero) is 1. The van der Waals surface area contributed by atoms with E-state index in [2.05, 4.69) is 24.8 Å². The van der Waals surface area contributed by atoms with Gasteiger partial charge in [0.1, 0.15) is 5.69 Å². The molecule has 0 aliphatic carbocycles. The number of carbonyl (C=O) groups excluding carboxylic acids is 1. The van der Waals surface area contributed by atoms with Gasteiger partial charge in [-0.3, -0.25) is 14.8 Å². The molecular formula is C20H19N5O. The van der Waals surface area contributed by atoms with E-state index >= 15 is 0 Å². The van der Waals surface area contributed by atoms with Crippen LogP contribution in [0.25, 0.3) is 11.4 Å². The summed E-state index contributed by atoms with van der Waals surface area (Å²) in [6, 6.07) is 13.0. The Morgan fingerprint density at radius 3 is 2.54 bits per heavy atom. The van der Waals surface area contributed by atoms with Crippen LogP contribution in [0.4, 0.5) is 5.95 Å². The zero-order valence-electron chi connectivity index (χ0n) is 14.3. The van der Waals surface area contributed by atoms with E-state index in [1.165, 1.54) is 0 Å². The van der Waals surface area contributed by atoms with Crippen LogP contribution in [0.1, 0.15) is 23.3 Å². The minimum absolute atomic E-state index is 0.0826. The van der Waals surface area contributed by atoms with E-state index in [9.17, 15) is 4.79 Å². The van der Waals surface area contributed by atoms with Crippen molar-refractivity contribution in [2.24, 2.45) is 5.92 Å². The lowest BCUT2D eigenvalue weighted by atomic mass is 9.92. The van der Waals surface area contributed by atoms with E-state index in [1.807, 2.05) is 36.4 Å². The molecule has 0 amide bonds. The Morgan fingerprint density at radius 1 is 0.923 bits per heavy atom. The largest absolute Gasteiger partial charge is 0.340 e. The lowest BCUT2D eigenvalue weighted by Gasteiger charge is -2.32. The molecule has 4 rings (SSSR count). The molecule has 26 heavy (non-hydrogen) atoms. The monoisotopic (exact) mass is 345 g/mol. The smallest absolute Gasteiger partial charge is 0.225 e. The number of hydrogen-bond donors (Lipinski definition) is 0. The van der Waals surface area contributed by atoms with Crippen LogP contribution in [-0.2, 0) is 0 Å². The topological polar surface area (TPSA) is 71.9 Å². The highest BCUT2D eigenvalue weighted by atomic mass is 16.1. The van der Waals surface area contributed by atoms with Crippen LogP contribution in [0.5, 0.6) is 0 Å². The number of ketones is 1. The molecule has 0 bridgehead atoms. The number of nitrogens with zero attached hydrogens (tertiary/aromatic N) is 5. The average Bonchev–Trinajstić information content (AvgIpc) is 2.75. The van der Waals surface area contributed by atoms with E-state index in [0.29, 0.717) is 18.2 Å². The summed E-state index contributed by atoms with van der Waals surface area (Å²) in [6.07, 6.45) is 6.95. The maximum Gasteiger partial charge on any atom is 0.225 e. The SMILES string of the molecule is O=C(c1ccccn1)[C@H]1CCCN(c2nccc(-c3ccccn3)n2)C1. The summed E-state index contributed by atoms with van der Waals surface area (Å²) in [5.41, 5.74) is 2.13. The first-order valence-corrected chi connectivity index (χ1v) is 8.76. The highest BCUT2D eigenvalue weighted by Crippen LogP contribution is 2.24. The summed E-state index contributed by atoms with van der Waals surface area (Å²) in [5.74, 6) is 0.656. The van der Waals surface area contributed by atoms with Crippen molar-refractivity contribution in [1.29, 1.82) is 0 Å². The van der Waals surface area contributed by atoms with Gasteiger partial charge < -0.3 is 4.90 Å². The number of aromatic nitrogens is 4. The predicted molar refractivity (Wildman–Crippen MR) is 98.8 cm³/mol. The Balaban J connectivity index is 1.54. The first kappa shape index (κ1) is 16.3. The van der Waals surface area contributed by atoms with Crippen molar-refractivity contribution in [2.45, 2.75) is 12.8 Å². The third kappa shape index (κ3) is 3.44. The fraction of sp³-hybridized carbons (Fsp3) is 0.250. The molecule has 1 saturated heterocycles. The number of anilines is 1. The van der Waals surface area contributed by atoms with Gasteiger partial charge in [-0.15, -0.1) is 0 Å². The maximum atomic E-state index is 12.7. The van der Waals surface area contributed by atoms with Crippen molar-refractivity contribution >= 4 is 11.7 Å². The number of rotatable bonds is 4. The number of pyridine rings is 2. The summed E-state index contributed by atoms with van der Waals surface area (Å²) in [4.78, 5) is 32.4. The Kier molecular flexibility index (Phi) is 4.64. The zero-order valence-corrected chi connectivity index (χ0v) is 14.3. The lowest BCUT2D eigenvalue weighted by Crippen LogP contribution is -2.39. The second kappa shape index (κ2) is 7.39. The fourth-order valence-corrected chi connectivity index (χ4v) is 3.25. The Hall–Kier alpha value is -3.15. The molecule has 1 atom stereocenters. The molecule has 0 aromatic carbocycles. The molecule has 3 aromatic rings. The minimum Gasteiger partial charge on any atom is -0.340 e. The molecule has 1 fully saturated rings. The van der Waals surface area contributed by atoms with Gasteiger partial charge in [-0.25, -0.2) is 9.97 Å². The number of piperidine rings is 1. The summed E-state index contributed by atoms with van der Waals surface area (Å²) >= 11 is 0. The molecular weight excluding hydrogens is 326 g/mol. The van der Waals surface area contributed by atoms with Crippen LogP contribution in [0, 0.1) is 5.92 Å². The van der Waals surface area contributed by atoms with Crippen molar-refractivity contribution in [3.8, 4) is 11.4 Å². The van der Waals surface area contributed by atoms with Crippen molar-refractivity contribution in [3.63, 3.8) is 0 Å². The van der Waals surface area contributed by atoms with Gasteiger partial charge in [-0.1, -0.05) is 12.1 Å². The quantitative estimate of drug-likeness (QED) is 0.677. The highest BCUT2D eigenvalue weighted by Gasteiger charge is 2.28. The Labute approximate surface area is 152 Å². The molecule has 0 spiro atoms. The average molecular weight is 345 g/mol. The highest BCUT2D eigenvalue weighted by molar-refractivity contribution is 5.96. The molecule has 0 unspecified atom stereocenters. The first-order valence-electron chi connectivity index (χ1n) is 8.76. The van der Waals surface area contributed by atoms with E-state index in [0.717, 1.165) is 30.8 Å². The first-order chi connectivity index (χ1) is 12.8. The second-order valence-electron chi connectivity index (χ2n) is 6.32. The van der Waals surface area contributed by atoms with Crippen LogP contribution < -0.4 is 4.90 Å². The lowest BCUT2D eigenvalue weighted by molar-refractivity contribution is 0.0901. The minimum atomic E-state index is -0.0826. The molecule has 0 radical (unpaired) electrons. The molecule has 3 aromatic heterocycles. The van der Waals surface area contributed by atoms with Gasteiger partial charge in [0.15, 0.2) is 5.78 Å². The van der Waals surface area contributed by atoms with Gasteiger partial charge >= 0.3 is 0 Å². The normalized spacial score (nSPS) is 17.1. The van der Waals surface area contributed by atoms with Crippen LogP contribution in [-0.4, -0.2) is 38.8 Å². The molecule has 4 heterocycles. The van der Waals surface area contributed by atoms with Gasteiger partial charge in [0.2, 0.25) is 5.95 Å². The van der Waals surface area contributed by atoms with Crippen LogP contribution in [0.2, 0.25) is 0 Å². The third-order valence-electron chi connectivity index (χ3n) is 4.56.